The summed E-state index contributed by atoms with van der Waals surface area (Å²) in [4.78, 5) is 20.1. The van der Waals surface area contributed by atoms with Gasteiger partial charge in [0, 0.05) is 36.9 Å². The van der Waals surface area contributed by atoms with E-state index in [0.29, 0.717) is 6.54 Å². The zero-order chi connectivity index (χ0) is 14.8. The third kappa shape index (κ3) is 3.51. The zero-order valence-electron chi connectivity index (χ0n) is 12.1. The molecule has 22 heavy (non-hydrogen) atoms. The summed E-state index contributed by atoms with van der Waals surface area (Å²) < 4.78 is 0.911. The van der Waals surface area contributed by atoms with Crippen molar-refractivity contribution in [3.63, 3.8) is 0 Å². The van der Waals surface area contributed by atoms with Gasteiger partial charge in [-0.2, -0.15) is 0 Å². The Bertz CT molecular complexity index is 649. The predicted octanol–water partition coefficient (Wildman–Crippen LogP) is 3.42. The van der Waals surface area contributed by atoms with Gasteiger partial charge < -0.3 is 10.2 Å². The molecule has 1 aliphatic rings. The van der Waals surface area contributed by atoms with Crippen LogP contribution in [0.3, 0.4) is 0 Å². The first kappa shape index (κ1) is 17.4. The molecule has 0 aromatic carbocycles. The largest absolute Gasteiger partial charge is 0.329 e. The van der Waals surface area contributed by atoms with Gasteiger partial charge in [-0.25, -0.2) is 0 Å². The Morgan fingerprint density at radius 1 is 1.55 bits per heavy atom. The van der Waals surface area contributed by atoms with Crippen LogP contribution in [0, 0.1) is 6.92 Å². The quantitative estimate of drug-likeness (QED) is 0.837. The van der Waals surface area contributed by atoms with Crippen LogP contribution in [0.1, 0.15) is 26.8 Å². The lowest BCUT2D eigenvalue weighted by Crippen LogP contribution is -2.48. The Kier molecular flexibility index (Phi) is 5.97. The summed E-state index contributed by atoms with van der Waals surface area (Å²) in [7, 11) is 0. The number of nitrogens with one attached hydrogen (secondary N) is 1. The molecule has 1 atom stereocenters. The van der Waals surface area contributed by atoms with Gasteiger partial charge in [-0.15, -0.1) is 23.7 Å². The molecule has 4 nitrogen and oxygen atoms in total. The van der Waals surface area contributed by atoms with Gasteiger partial charge in [0.2, 0.25) is 0 Å². The van der Waals surface area contributed by atoms with Gasteiger partial charge in [-0.1, -0.05) is 6.07 Å². The summed E-state index contributed by atoms with van der Waals surface area (Å²) >= 11 is 5.10. The van der Waals surface area contributed by atoms with E-state index in [1.165, 1.54) is 0 Å². The van der Waals surface area contributed by atoms with Gasteiger partial charge in [0.05, 0.1) is 15.4 Å². The monoisotopic (exact) mass is 401 g/mol. The van der Waals surface area contributed by atoms with Crippen LogP contribution in [0.4, 0.5) is 0 Å². The van der Waals surface area contributed by atoms with Crippen LogP contribution in [-0.2, 0) is 0 Å². The fraction of sp³-hybridized carbons (Fsp3) is 0.333. The number of nitrogens with zero attached hydrogens (tertiary/aromatic N) is 2. The highest BCUT2D eigenvalue weighted by Crippen LogP contribution is 2.31. The number of carbonyl (C=O) groups excluding carboxylic acids is 1. The van der Waals surface area contributed by atoms with Crippen molar-refractivity contribution in [1.29, 1.82) is 0 Å². The normalized spacial score (nSPS) is 17.9. The van der Waals surface area contributed by atoms with Crippen molar-refractivity contribution in [2.45, 2.75) is 13.0 Å². The van der Waals surface area contributed by atoms with Gasteiger partial charge in [0.25, 0.3) is 5.91 Å². The lowest BCUT2D eigenvalue weighted by Gasteiger charge is -2.36. The number of aromatic nitrogens is 1. The molecule has 0 saturated carbocycles. The highest BCUT2D eigenvalue weighted by atomic mass is 79.9. The van der Waals surface area contributed by atoms with Crippen LogP contribution < -0.4 is 5.32 Å². The lowest BCUT2D eigenvalue weighted by atomic mass is 10.0. The fourth-order valence-corrected chi connectivity index (χ4v) is 4.37. The van der Waals surface area contributed by atoms with Crippen LogP contribution in [0.2, 0.25) is 0 Å². The second kappa shape index (κ2) is 7.55. The van der Waals surface area contributed by atoms with Gasteiger partial charge in [-0.3, -0.25) is 9.78 Å². The smallest absolute Gasteiger partial charge is 0.256 e. The number of hydrogen-bond donors (Lipinski definition) is 1. The van der Waals surface area contributed by atoms with E-state index in [2.05, 4.69) is 26.2 Å². The van der Waals surface area contributed by atoms with Crippen molar-refractivity contribution < 1.29 is 4.79 Å². The van der Waals surface area contributed by atoms with Crippen molar-refractivity contribution in [1.82, 2.24) is 15.2 Å². The number of piperazine rings is 1. The number of rotatable bonds is 2. The molecule has 0 bridgehead atoms. The standard InChI is InChI=1S/C15H16BrN3OS.ClH/c1-10-7-12(14(16)21-10)15(20)19-6-5-18-9-13(19)11-3-2-4-17-8-11;/h2-4,7-8,13,18H,5-6,9H2,1H3;1H. The number of aryl methyl sites for hydroxylation is 1. The molecule has 1 aliphatic heterocycles. The van der Waals surface area contributed by atoms with Crippen molar-refractivity contribution >= 4 is 45.6 Å². The minimum absolute atomic E-state index is 0. The molecule has 1 fully saturated rings. The van der Waals surface area contributed by atoms with E-state index >= 15 is 0 Å². The SMILES string of the molecule is Cc1cc(C(=O)N2CCNCC2c2cccnc2)c(Br)s1.Cl. The average molecular weight is 403 g/mol. The number of amides is 1. The maximum atomic E-state index is 12.9. The molecule has 7 heteroatoms. The van der Waals surface area contributed by atoms with Crippen molar-refractivity contribution in [3.05, 3.63) is 50.4 Å². The zero-order valence-corrected chi connectivity index (χ0v) is 15.3. The van der Waals surface area contributed by atoms with E-state index in [9.17, 15) is 4.79 Å². The second-order valence-electron chi connectivity index (χ2n) is 5.05. The molecule has 0 aliphatic carbocycles. The van der Waals surface area contributed by atoms with Gasteiger partial charge in [-0.05, 0) is 40.5 Å². The number of carbonyl (C=O) groups is 1. The molecule has 1 saturated heterocycles. The summed E-state index contributed by atoms with van der Waals surface area (Å²) in [6, 6.07) is 5.93. The molecule has 0 radical (unpaired) electrons. The van der Waals surface area contributed by atoms with E-state index < -0.39 is 0 Å². The molecule has 1 unspecified atom stereocenters. The Labute approximate surface area is 148 Å². The first-order valence-corrected chi connectivity index (χ1v) is 8.45. The first-order valence-electron chi connectivity index (χ1n) is 6.84. The molecule has 0 spiro atoms. The molecule has 1 amide bonds. The van der Waals surface area contributed by atoms with Gasteiger partial charge >= 0.3 is 0 Å². The van der Waals surface area contributed by atoms with Crippen molar-refractivity contribution in [2.75, 3.05) is 19.6 Å². The summed E-state index contributed by atoms with van der Waals surface area (Å²) in [5.74, 6) is 0.0848. The molecule has 3 heterocycles. The Balaban J connectivity index is 0.00000176. The predicted molar refractivity (Wildman–Crippen MR) is 94.9 cm³/mol. The highest BCUT2D eigenvalue weighted by Gasteiger charge is 2.30. The number of hydrogen-bond acceptors (Lipinski definition) is 4. The number of thiophene rings is 1. The van der Waals surface area contributed by atoms with Crippen molar-refractivity contribution in [3.8, 4) is 0 Å². The van der Waals surface area contributed by atoms with Gasteiger partial charge in [0.1, 0.15) is 0 Å². The van der Waals surface area contributed by atoms with Crippen LogP contribution in [-0.4, -0.2) is 35.4 Å². The van der Waals surface area contributed by atoms with E-state index in [1.54, 1.807) is 17.5 Å². The maximum absolute atomic E-state index is 12.9. The first-order chi connectivity index (χ1) is 10.2. The highest BCUT2D eigenvalue weighted by molar-refractivity contribution is 9.11. The van der Waals surface area contributed by atoms with Crippen LogP contribution >= 0.6 is 39.7 Å². The number of pyridine rings is 1. The topological polar surface area (TPSA) is 45.2 Å². The fourth-order valence-electron chi connectivity index (χ4n) is 2.60. The maximum Gasteiger partial charge on any atom is 0.256 e. The Hall–Kier alpha value is -0.950. The van der Waals surface area contributed by atoms with Crippen molar-refractivity contribution in [2.24, 2.45) is 0 Å². The molecule has 2 aromatic heterocycles. The molecular formula is C15H17BrClN3OS. The summed E-state index contributed by atoms with van der Waals surface area (Å²) in [6.07, 6.45) is 3.59. The van der Waals surface area contributed by atoms with E-state index in [4.69, 9.17) is 0 Å². The van der Waals surface area contributed by atoms with E-state index in [1.807, 2.05) is 36.2 Å². The summed E-state index contributed by atoms with van der Waals surface area (Å²) in [5, 5.41) is 3.36. The molecule has 118 valence electrons. The lowest BCUT2D eigenvalue weighted by molar-refractivity contribution is 0.0633. The third-order valence-electron chi connectivity index (χ3n) is 3.61. The third-order valence-corrected chi connectivity index (χ3v) is 5.37. The van der Waals surface area contributed by atoms with Crippen LogP contribution in [0.15, 0.2) is 34.4 Å². The molecule has 2 aromatic rings. The molecular weight excluding hydrogens is 386 g/mol. The Morgan fingerprint density at radius 3 is 3.00 bits per heavy atom. The summed E-state index contributed by atoms with van der Waals surface area (Å²) in [6.45, 7) is 4.31. The van der Waals surface area contributed by atoms with Gasteiger partial charge in [0.15, 0.2) is 0 Å². The van der Waals surface area contributed by atoms with E-state index in [-0.39, 0.29) is 24.4 Å². The minimum atomic E-state index is 0. The van der Waals surface area contributed by atoms with Crippen LogP contribution in [0.25, 0.3) is 0 Å². The molecule has 1 N–H and O–H groups in total. The molecule has 3 rings (SSSR count). The van der Waals surface area contributed by atoms with E-state index in [0.717, 1.165) is 32.9 Å². The van der Waals surface area contributed by atoms with Crippen LogP contribution in [0.5, 0.6) is 0 Å². The number of halogens is 2. The summed E-state index contributed by atoms with van der Waals surface area (Å²) in [5.41, 5.74) is 1.83. The average Bonchev–Trinajstić information content (AvgIpc) is 2.86. The minimum Gasteiger partial charge on any atom is -0.329 e. The second-order valence-corrected chi connectivity index (χ2v) is 7.62. The Morgan fingerprint density at radius 2 is 2.36 bits per heavy atom.